The van der Waals surface area contributed by atoms with Crippen LogP contribution in [0.2, 0.25) is 10.3 Å². The van der Waals surface area contributed by atoms with Gasteiger partial charge in [0, 0.05) is 18.1 Å². The van der Waals surface area contributed by atoms with Crippen LogP contribution in [-0.2, 0) is 0 Å². The third-order valence-corrected chi connectivity index (χ3v) is 3.16. The molecule has 0 aliphatic heterocycles. The smallest absolute Gasteiger partial charge is 0.254 e. The van der Waals surface area contributed by atoms with Gasteiger partial charge in [0.2, 0.25) is 0 Å². The topological polar surface area (TPSA) is 54.9 Å². The van der Waals surface area contributed by atoms with Crippen molar-refractivity contribution in [2.45, 2.75) is 0 Å². The van der Waals surface area contributed by atoms with E-state index in [1.807, 2.05) is 6.08 Å². The molecule has 1 heterocycles. The van der Waals surface area contributed by atoms with E-state index in [0.29, 0.717) is 6.54 Å². The number of aromatic nitrogens is 2. The number of hydrogen-bond acceptors (Lipinski definition) is 4. The maximum atomic E-state index is 11.7. The quantitative estimate of drug-likeness (QED) is 0.646. The molecule has 0 atom stereocenters. The van der Waals surface area contributed by atoms with E-state index in [1.165, 1.54) is 6.07 Å². The molecule has 0 aromatic carbocycles. The minimum Gasteiger partial charge on any atom is -0.351 e. The van der Waals surface area contributed by atoms with Gasteiger partial charge in [0.25, 0.3) is 5.91 Å². The van der Waals surface area contributed by atoms with Gasteiger partial charge < -0.3 is 5.32 Å². The largest absolute Gasteiger partial charge is 0.351 e. The highest BCUT2D eigenvalue weighted by molar-refractivity contribution is 7.99. The molecule has 0 spiro atoms. The Morgan fingerprint density at radius 2 is 2.29 bits per heavy atom. The zero-order chi connectivity index (χ0) is 12.7. The summed E-state index contributed by atoms with van der Waals surface area (Å²) in [5.41, 5.74) is 0.236. The van der Waals surface area contributed by atoms with Gasteiger partial charge in [0.15, 0.2) is 10.3 Å². The predicted octanol–water partition coefficient (Wildman–Crippen LogP) is 2.43. The SMILES string of the molecule is C=CCSCCNC(=O)c1cc(Cl)nnc1Cl. The first-order valence-electron chi connectivity index (χ1n) is 4.80. The lowest BCUT2D eigenvalue weighted by molar-refractivity contribution is 0.0956. The van der Waals surface area contributed by atoms with E-state index in [0.717, 1.165) is 11.5 Å². The van der Waals surface area contributed by atoms with Crippen molar-refractivity contribution in [3.8, 4) is 0 Å². The molecular weight excluding hydrogens is 281 g/mol. The molecule has 0 aliphatic carbocycles. The molecule has 0 saturated heterocycles. The fourth-order valence-electron chi connectivity index (χ4n) is 1.01. The second-order valence-corrected chi connectivity index (χ2v) is 4.89. The standard InChI is InChI=1S/C10H11Cl2N3OS/c1-2-4-17-5-3-13-10(16)7-6-8(11)14-15-9(7)12/h2,6H,1,3-5H2,(H,13,16). The summed E-state index contributed by atoms with van der Waals surface area (Å²) in [5.74, 6) is 1.37. The highest BCUT2D eigenvalue weighted by atomic mass is 35.5. The van der Waals surface area contributed by atoms with Crippen LogP contribution in [0.5, 0.6) is 0 Å². The summed E-state index contributed by atoms with van der Waals surface area (Å²) in [7, 11) is 0. The van der Waals surface area contributed by atoms with Gasteiger partial charge in [-0.3, -0.25) is 4.79 Å². The number of nitrogens with one attached hydrogen (secondary N) is 1. The zero-order valence-corrected chi connectivity index (χ0v) is 11.3. The van der Waals surface area contributed by atoms with Crippen LogP contribution in [0.3, 0.4) is 0 Å². The maximum absolute atomic E-state index is 11.7. The van der Waals surface area contributed by atoms with Crippen LogP contribution < -0.4 is 5.32 Å². The number of rotatable bonds is 6. The molecule has 0 fully saturated rings. The first-order chi connectivity index (χ1) is 8.15. The molecule has 1 aromatic heterocycles. The van der Waals surface area contributed by atoms with Crippen molar-refractivity contribution < 1.29 is 4.79 Å². The van der Waals surface area contributed by atoms with Crippen LogP contribution in [0.25, 0.3) is 0 Å². The molecule has 7 heteroatoms. The summed E-state index contributed by atoms with van der Waals surface area (Å²) >= 11 is 13.1. The number of halogens is 2. The minimum absolute atomic E-state index is 0.0469. The summed E-state index contributed by atoms with van der Waals surface area (Å²) in [6, 6.07) is 1.39. The molecule has 92 valence electrons. The van der Waals surface area contributed by atoms with E-state index in [2.05, 4.69) is 22.1 Å². The normalized spacial score (nSPS) is 10.0. The van der Waals surface area contributed by atoms with E-state index in [1.54, 1.807) is 11.8 Å². The number of carbonyl (C=O) groups is 1. The summed E-state index contributed by atoms with van der Waals surface area (Å²) in [5, 5.41) is 10.00. The van der Waals surface area contributed by atoms with Gasteiger partial charge in [-0.15, -0.1) is 16.8 Å². The molecular formula is C10H11Cl2N3OS. The lowest BCUT2D eigenvalue weighted by Crippen LogP contribution is -2.26. The Labute approximate surface area is 114 Å². The Morgan fingerprint density at radius 1 is 1.53 bits per heavy atom. The number of nitrogens with zero attached hydrogens (tertiary/aromatic N) is 2. The molecule has 17 heavy (non-hydrogen) atoms. The molecule has 0 unspecified atom stereocenters. The number of carbonyl (C=O) groups excluding carboxylic acids is 1. The van der Waals surface area contributed by atoms with Gasteiger partial charge in [-0.25, -0.2) is 0 Å². The van der Waals surface area contributed by atoms with E-state index < -0.39 is 0 Å². The Morgan fingerprint density at radius 3 is 3.00 bits per heavy atom. The number of amides is 1. The van der Waals surface area contributed by atoms with Crippen molar-refractivity contribution in [3.05, 3.63) is 34.6 Å². The van der Waals surface area contributed by atoms with Crippen molar-refractivity contribution in [2.24, 2.45) is 0 Å². The van der Waals surface area contributed by atoms with Crippen LogP contribution in [0.4, 0.5) is 0 Å². The lowest BCUT2D eigenvalue weighted by Gasteiger charge is -2.05. The summed E-state index contributed by atoms with van der Waals surface area (Å²) in [6.45, 7) is 4.16. The second-order valence-electron chi connectivity index (χ2n) is 2.99. The van der Waals surface area contributed by atoms with Crippen molar-refractivity contribution in [2.75, 3.05) is 18.1 Å². The van der Waals surface area contributed by atoms with E-state index in [-0.39, 0.29) is 21.8 Å². The van der Waals surface area contributed by atoms with E-state index in [4.69, 9.17) is 23.2 Å². The van der Waals surface area contributed by atoms with Crippen molar-refractivity contribution >= 4 is 40.9 Å². The Bertz CT molecular complexity index is 415. The molecule has 1 N–H and O–H groups in total. The minimum atomic E-state index is -0.300. The zero-order valence-electron chi connectivity index (χ0n) is 8.95. The van der Waals surface area contributed by atoms with Crippen LogP contribution >= 0.6 is 35.0 Å². The van der Waals surface area contributed by atoms with E-state index >= 15 is 0 Å². The van der Waals surface area contributed by atoms with Gasteiger partial charge >= 0.3 is 0 Å². The van der Waals surface area contributed by atoms with Gasteiger partial charge in [0.05, 0.1) is 5.56 Å². The van der Waals surface area contributed by atoms with Gasteiger partial charge in [-0.1, -0.05) is 29.3 Å². The number of thioether (sulfide) groups is 1. The van der Waals surface area contributed by atoms with Crippen LogP contribution in [0, 0.1) is 0 Å². The van der Waals surface area contributed by atoms with Crippen molar-refractivity contribution in [1.82, 2.24) is 15.5 Å². The van der Waals surface area contributed by atoms with Crippen molar-refractivity contribution in [1.29, 1.82) is 0 Å². The maximum Gasteiger partial charge on any atom is 0.254 e. The van der Waals surface area contributed by atoms with Crippen molar-refractivity contribution in [3.63, 3.8) is 0 Å². The van der Waals surface area contributed by atoms with Crippen LogP contribution in [-0.4, -0.2) is 34.2 Å². The first kappa shape index (κ1) is 14.3. The molecule has 0 radical (unpaired) electrons. The van der Waals surface area contributed by atoms with Gasteiger partial charge in [-0.05, 0) is 6.07 Å². The Kier molecular flexibility index (Phi) is 6.32. The monoisotopic (exact) mass is 291 g/mol. The first-order valence-corrected chi connectivity index (χ1v) is 6.71. The van der Waals surface area contributed by atoms with Gasteiger partial charge in [0.1, 0.15) is 0 Å². The fraction of sp³-hybridized carbons (Fsp3) is 0.300. The fourth-order valence-corrected chi connectivity index (χ4v) is 1.92. The molecule has 0 saturated carbocycles. The third-order valence-electron chi connectivity index (χ3n) is 1.73. The molecule has 4 nitrogen and oxygen atoms in total. The van der Waals surface area contributed by atoms with Crippen LogP contribution in [0.15, 0.2) is 18.7 Å². The molecule has 1 amide bonds. The number of hydrogen-bond donors (Lipinski definition) is 1. The molecule has 0 bridgehead atoms. The average Bonchev–Trinajstić information content (AvgIpc) is 2.32. The second kappa shape index (κ2) is 7.53. The molecule has 0 aliphatic rings. The molecule has 1 rings (SSSR count). The lowest BCUT2D eigenvalue weighted by atomic mass is 10.3. The predicted molar refractivity (Wildman–Crippen MR) is 71.9 cm³/mol. The van der Waals surface area contributed by atoms with Gasteiger partial charge in [-0.2, -0.15) is 11.8 Å². The summed E-state index contributed by atoms with van der Waals surface area (Å²) < 4.78 is 0. The highest BCUT2D eigenvalue weighted by Crippen LogP contribution is 2.14. The Hall–Kier alpha value is -0.780. The Balaban J connectivity index is 2.46. The highest BCUT2D eigenvalue weighted by Gasteiger charge is 2.12. The summed E-state index contributed by atoms with van der Waals surface area (Å²) in [6.07, 6.45) is 1.82. The van der Waals surface area contributed by atoms with Crippen LogP contribution in [0.1, 0.15) is 10.4 Å². The average molecular weight is 292 g/mol. The van der Waals surface area contributed by atoms with E-state index in [9.17, 15) is 4.79 Å². The summed E-state index contributed by atoms with van der Waals surface area (Å²) in [4.78, 5) is 11.7. The third kappa shape index (κ3) is 4.93. The molecule has 1 aromatic rings.